The summed E-state index contributed by atoms with van der Waals surface area (Å²) in [7, 11) is 0.171. The van der Waals surface area contributed by atoms with Gasteiger partial charge in [-0.15, -0.1) is 0 Å². The molecule has 0 aromatic heterocycles. The predicted molar refractivity (Wildman–Crippen MR) is 108 cm³/mol. The lowest BCUT2D eigenvalue weighted by Crippen LogP contribution is -2.41. The lowest BCUT2D eigenvalue weighted by Gasteiger charge is -2.32. The average molecular weight is 382 g/mol. The number of rotatable bonds is 7. The van der Waals surface area contributed by atoms with Crippen molar-refractivity contribution in [3.63, 3.8) is 0 Å². The highest BCUT2D eigenvalue weighted by Gasteiger charge is 2.51. The highest BCUT2D eigenvalue weighted by molar-refractivity contribution is 7.92. The van der Waals surface area contributed by atoms with Gasteiger partial charge in [0.15, 0.2) is 0 Å². The van der Waals surface area contributed by atoms with Crippen LogP contribution in [0.25, 0.3) is 0 Å². The second-order valence-corrected chi connectivity index (χ2v) is 10.1. The molecule has 1 saturated heterocycles. The van der Waals surface area contributed by atoms with Gasteiger partial charge < -0.3 is 14.2 Å². The lowest BCUT2D eigenvalue weighted by molar-refractivity contribution is 0.00578. The van der Waals surface area contributed by atoms with E-state index in [9.17, 15) is 8.42 Å². The third-order valence-electron chi connectivity index (χ3n) is 5.07. The van der Waals surface area contributed by atoms with Gasteiger partial charge in [-0.1, -0.05) is 12.1 Å². The highest BCUT2D eigenvalue weighted by atomic mass is 32.2. The van der Waals surface area contributed by atoms with E-state index in [1.807, 2.05) is 71.0 Å². The van der Waals surface area contributed by atoms with Crippen LogP contribution in [0.2, 0.25) is 0 Å². The Balaban J connectivity index is 2.16. The van der Waals surface area contributed by atoms with Crippen molar-refractivity contribution in [3.05, 3.63) is 24.3 Å². The fraction of sp³-hybridized carbons (Fsp3) is 0.667. The number of hydrogen-bond acceptors (Lipinski definition) is 5. The second kappa shape index (κ2) is 7.50. The Morgan fingerprint density at radius 1 is 0.962 bits per heavy atom. The van der Waals surface area contributed by atoms with Crippen LogP contribution in [0, 0.1) is 0 Å². The zero-order valence-corrected chi connectivity index (χ0v) is 17.8. The molecule has 0 bridgehead atoms. The third kappa shape index (κ3) is 4.79. The molecule has 1 fully saturated rings. The Hall–Kier alpha value is -1.09. The van der Waals surface area contributed by atoms with E-state index in [2.05, 4.69) is 0 Å². The van der Waals surface area contributed by atoms with Gasteiger partial charge in [0.25, 0.3) is 0 Å². The molecule has 0 amide bonds. The van der Waals surface area contributed by atoms with Gasteiger partial charge in [-0.2, -0.15) is 0 Å². The van der Waals surface area contributed by atoms with Crippen LogP contribution in [0.5, 0.6) is 0 Å². The van der Waals surface area contributed by atoms with Crippen molar-refractivity contribution in [2.75, 3.05) is 37.7 Å². The van der Waals surface area contributed by atoms with E-state index < -0.39 is 28.3 Å². The van der Waals surface area contributed by atoms with E-state index in [1.54, 1.807) is 0 Å². The summed E-state index contributed by atoms with van der Waals surface area (Å²) in [6.45, 7) is 9.33. The monoisotopic (exact) mass is 382 g/mol. The molecule has 0 saturated carbocycles. The van der Waals surface area contributed by atoms with Crippen LogP contribution >= 0.6 is 0 Å². The Labute approximate surface area is 158 Å². The number of anilines is 1. The number of benzene rings is 1. The second-order valence-electron chi connectivity index (χ2n) is 8.17. The van der Waals surface area contributed by atoms with E-state index >= 15 is 0 Å². The van der Waals surface area contributed by atoms with Crippen molar-refractivity contribution < 1.29 is 17.7 Å². The summed E-state index contributed by atoms with van der Waals surface area (Å²) in [4.78, 5) is 2.04. The number of sulfonamides is 1. The fourth-order valence-corrected chi connectivity index (χ4v) is 3.76. The summed E-state index contributed by atoms with van der Waals surface area (Å²) >= 11 is 0. The summed E-state index contributed by atoms with van der Waals surface area (Å²) in [6.07, 6.45) is 2.00. The molecule has 1 aliphatic heterocycles. The molecular weight excluding hydrogens is 351 g/mol. The summed E-state index contributed by atoms with van der Waals surface area (Å²) in [5.74, 6) is 0. The van der Waals surface area contributed by atoms with Crippen molar-refractivity contribution in [2.45, 2.75) is 45.3 Å². The molecule has 26 heavy (non-hydrogen) atoms. The predicted octanol–water partition coefficient (Wildman–Crippen LogP) is 1.70. The molecule has 0 radical (unpaired) electrons. The van der Waals surface area contributed by atoms with Crippen molar-refractivity contribution in [3.8, 4) is 0 Å². The minimum atomic E-state index is -3.33. The number of hydrogen-bond donors (Lipinski definition) is 0. The largest absolute Gasteiger partial charge is 0.494 e. The smallest absolute Gasteiger partial charge is 0.399 e. The summed E-state index contributed by atoms with van der Waals surface area (Å²) in [5, 5.41) is 0. The van der Waals surface area contributed by atoms with Crippen LogP contribution in [0.4, 0.5) is 5.69 Å². The zero-order chi connectivity index (χ0) is 19.8. The van der Waals surface area contributed by atoms with Crippen molar-refractivity contribution in [1.29, 1.82) is 0 Å². The van der Waals surface area contributed by atoms with Gasteiger partial charge in [0.1, 0.15) is 0 Å². The topological polar surface area (TPSA) is 59.1 Å². The van der Waals surface area contributed by atoms with Gasteiger partial charge in [-0.25, -0.2) is 8.42 Å². The molecule has 1 aromatic carbocycles. The van der Waals surface area contributed by atoms with Crippen LogP contribution in [0.15, 0.2) is 24.3 Å². The molecule has 1 aliphatic rings. The molecule has 0 spiro atoms. The molecule has 8 heteroatoms. The molecule has 0 aliphatic carbocycles. The first-order valence-corrected chi connectivity index (χ1v) is 10.8. The van der Waals surface area contributed by atoms with Gasteiger partial charge >= 0.3 is 7.12 Å². The van der Waals surface area contributed by atoms with Crippen molar-refractivity contribution in [2.24, 2.45) is 0 Å². The van der Waals surface area contributed by atoms with Gasteiger partial charge in [0, 0.05) is 6.54 Å². The van der Waals surface area contributed by atoms with Gasteiger partial charge in [-0.3, -0.25) is 4.31 Å². The maximum atomic E-state index is 12.2. The van der Waals surface area contributed by atoms with E-state index in [0.29, 0.717) is 12.2 Å². The number of nitrogens with zero attached hydrogens (tertiary/aromatic N) is 2. The molecule has 1 heterocycles. The first-order chi connectivity index (χ1) is 11.8. The molecule has 0 atom stereocenters. The summed E-state index contributed by atoms with van der Waals surface area (Å²) in [6, 6.07) is 7.39. The van der Waals surface area contributed by atoms with Crippen LogP contribution in [-0.4, -0.2) is 65.1 Å². The zero-order valence-electron chi connectivity index (χ0n) is 16.9. The Kier molecular flexibility index (Phi) is 6.12. The Morgan fingerprint density at radius 2 is 1.46 bits per heavy atom. The average Bonchev–Trinajstić information content (AvgIpc) is 2.71. The van der Waals surface area contributed by atoms with Gasteiger partial charge in [-0.05, 0) is 72.4 Å². The quantitative estimate of drug-likeness (QED) is 0.672. The lowest BCUT2D eigenvalue weighted by atomic mass is 9.79. The SMILES string of the molecule is CN(C)CCCN(c1ccc(B2OC(C)(C)C(C)(C)O2)cc1)S(C)(=O)=O. The molecule has 146 valence electrons. The molecular formula is C18H31BN2O4S. The van der Waals surface area contributed by atoms with E-state index in [1.165, 1.54) is 10.6 Å². The van der Waals surface area contributed by atoms with Gasteiger partial charge in [0.05, 0.1) is 23.1 Å². The minimum Gasteiger partial charge on any atom is -0.399 e. The maximum absolute atomic E-state index is 12.2. The van der Waals surface area contributed by atoms with Crippen molar-refractivity contribution in [1.82, 2.24) is 4.90 Å². The standard InChI is InChI=1S/C18H31BN2O4S/c1-17(2)18(3,4)25-19(24-17)15-9-11-16(12-10-15)21(26(7,22)23)14-8-13-20(5)6/h9-12H,8,13-14H2,1-7H3. The first-order valence-electron chi connectivity index (χ1n) is 8.91. The van der Waals surface area contributed by atoms with Crippen LogP contribution in [0.3, 0.4) is 0 Å². The molecule has 6 nitrogen and oxygen atoms in total. The third-order valence-corrected chi connectivity index (χ3v) is 6.27. The molecule has 0 unspecified atom stereocenters. The van der Waals surface area contributed by atoms with Crippen LogP contribution in [0.1, 0.15) is 34.1 Å². The minimum absolute atomic E-state index is 0.401. The van der Waals surface area contributed by atoms with E-state index in [4.69, 9.17) is 9.31 Å². The normalized spacial score (nSPS) is 19.2. The molecule has 1 aromatic rings. The maximum Gasteiger partial charge on any atom is 0.494 e. The van der Waals surface area contributed by atoms with E-state index in [0.717, 1.165) is 18.4 Å². The molecule has 0 N–H and O–H groups in total. The highest BCUT2D eigenvalue weighted by Crippen LogP contribution is 2.36. The van der Waals surface area contributed by atoms with Crippen LogP contribution < -0.4 is 9.77 Å². The summed E-state index contributed by atoms with van der Waals surface area (Å²) < 4.78 is 37.9. The Morgan fingerprint density at radius 3 is 1.88 bits per heavy atom. The van der Waals surface area contributed by atoms with Crippen molar-refractivity contribution >= 4 is 28.3 Å². The fourth-order valence-electron chi connectivity index (χ4n) is 2.79. The van der Waals surface area contributed by atoms with E-state index in [-0.39, 0.29) is 0 Å². The van der Waals surface area contributed by atoms with Crippen LogP contribution in [-0.2, 0) is 19.3 Å². The van der Waals surface area contributed by atoms with Gasteiger partial charge in [0.2, 0.25) is 10.0 Å². The summed E-state index contributed by atoms with van der Waals surface area (Å²) in [5.41, 5.74) is 0.739. The molecule has 2 rings (SSSR count). The Bertz CT molecular complexity index is 701. The first kappa shape index (κ1) is 21.2.